The minimum Gasteiger partial charge on any atom is -0.469 e. The van der Waals surface area contributed by atoms with Gasteiger partial charge in [0.25, 0.3) is 0 Å². The first-order valence-corrected chi connectivity index (χ1v) is 6.40. The molecule has 19 heavy (non-hydrogen) atoms. The van der Waals surface area contributed by atoms with E-state index in [1.807, 2.05) is 36.4 Å². The summed E-state index contributed by atoms with van der Waals surface area (Å²) in [6, 6.07) is 13.0. The minimum atomic E-state index is -0.293. The van der Waals surface area contributed by atoms with Gasteiger partial charge in [-0.2, -0.15) is 0 Å². The number of nitrogens with two attached hydrogens (primary N) is 1. The Morgan fingerprint density at radius 3 is 2.63 bits per heavy atom. The smallest absolute Gasteiger partial charge is 0.235 e. The highest BCUT2D eigenvalue weighted by atomic mass is 16.3. The molecule has 1 aromatic carbocycles. The monoisotopic (exact) mass is 258 g/mol. The summed E-state index contributed by atoms with van der Waals surface area (Å²) in [6.45, 7) is 0.565. The third kappa shape index (κ3) is 3.69. The second kappa shape index (κ2) is 6.75. The molecule has 2 rings (SSSR count). The van der Waals surface area contributed by atoms with Gasteiger partial charge in [-0.1, -0.05) is 18.2 Å². The Morgan fingerprint density at radius 2 is 2.00 bits per heavy atom. The highest BCUT2D eigenvalue weighted by Crippen LogP contribution is 2.23. The summed E-state index contributed by atoms with van der Waals surface area (Å²) in [6.07, 6.45) is 3.05. The van der Waals surface area contributed by atoms with Crippen LogP contribution >= 0.6 is 0 Å². The predicted octanol–water partition coefficient (Wildman–Crippen LogP) is 2.74. The molecule has 0 saturated carbocycles. The van der Waals surface area contributed by atoms with Crippen LogP contribution < -0.4 is 11.1 Å². The van der Waals surface area contributed by atoms with Crippen molar-refractivity contribution in [2.75, 3.05) is 11.9 Å². The average molecular weight is 258 g/mol. The van der Waals surface area contributed by atoms with Crippen molar-refractivity contribution in [2.24, 2.45) is 5.73 Å². The van der Waals surface area contributed by atoms with Gasteiger partial charge in [-0.15, -0.1) is 0 Å². The third-order valence-corrected chi connectivity index (χ3v) is 2.94. The second-order valence-electron chi connectivity index (χ2n) is 4.35. The summed E-state index contributed by atoms with van der Waals surface area (Å²) in [5, 5.41) is 2.90. The zero-order valence-electron chi connectivity index (χ0n) is 10.7. The van der Waals surface area contributed by atoms with Crippen molar-refractivity contribution < 1.29 is 9.21 Å². The van der Waals surface area contributed by atoms with Gasteiger partial charge in [-0.3, -0.25) is 4.79 Å². The molecule has 4 nitrogen and oxygen atoms in total. The minimum absolute atomic E-state index is 0.0606. The first-order chi connectivity index (χ1) is 9.31. The van der Waals surface area contributed by atoms with Crippen LogP contribution in [-0.4, -0.2) is 12.5 Å². The molecule has 0 aliphatic rings. The van der Waals surface area contributed by atoms with Crippen molar-refractivity contribution in [2.45, 2.75) is 18.8 Å². The molecule has 1 atom stereocenters. The van der Waals surface area contributed by atoms with Crippen LogP contribution in [0.25, 0.3) is 0 Å². The van der Waals surface area contributed by atoms with E-state index in [9.17, 15) is 4.79 Å². The number of furan rings is 1. The van der Waals surface area contributed by atoms with Gasteiger partial charge in [0, 0.05) is 5.69 Å². The molecule has 1 aromatic heterocycles. The maximum absolute atomic E-state index is 12.3. The quantitative estimate of drug-likeness (QED) is 0.837. The first-order valence-electron chi connectivity index (χ1n) is 6.40. The number of nitrogens with one attached hydrogen (secondary N) is 1. The lowest BCUT2D eigenvalue weighted by atomic mass is 9.99. The lowest BCUT2D eigenvalue weighted by molar-refractivity contribution is -0.118. The summed E-state index contributed by atoms with van der Waals surface area (Å²) >= 11 is 0. The normalized spacial score (nSPS) is 12.1. The van der Waals surface area contributed by atoms with Crippen LogP contribution in [0.15, 0.2) is 53.1 Å². The van der Waals surface area contributed by atoms with Gasteiger partial charge in [-0.05, 0) is 43.7 Å². The SMILES string of the molecule is NCCCC(C(=O)Nc1ccccc1)c1ccco1. The Kier molecular flexibility index (Phi) is 4.75. The fourth-order valence-electron chi connectivity index (χ4n) is 1.96. The van der Waals surface area contributed by atoms with Gasteiger partial charge in [0.05, 0.1) is 12.2 Å². The Morgan fingerprint density at radius 1 is 1.21 bits per heavy atom. The number of rotatable bonds is 6. The van der Waals surface area contributed by atoms with E-state index in [1.54, 1.807) is 12.3 Å². The topological polar surface area (TPSA) is 68.3 Å². The van der Waals surface area contributed by atoms with E-state index in [1.165, 1.54) is 0 Å². The van der Waals surface area contributed by atoms with E-state index >= 15 is 0 Å². The number of amides is 1. The molecule has 1 heterocycles. The fraction of sp³-hybridized carbons (Fsp3) is 0.267. The molecular weight excluding hydrogens is 240 g/mol. The number of hydrogen-bond donors (Lipinski definition) is 2. The number of anilines is 1. The highest BCUT2D eigenvalue weighted by Gasteiger charge is 2.22. The summed E-state index contributed by atoms with van der Waals surface area (Å²) in [4.78, 5) is 12.3. The molecule has 100 valence electrons. The Bertz CT molecular complexity index is 494. The molecule has 0 saturated heterocycles. The molecule has 0 spiro atoms. The van der Waals surface area contributed by atoms with Crippen LogP contribution in [0.2, 0.25) is 0 Å². The van der Waals surface area contributed by atoms with E-state index in [4.69, 9.17) is 10.2 Å². The number of para-hydroxylation sites is 1. The number of hydrogen-bond acceptors (Lipinski definition) is 3. The van der Waals surface area contributed by atoms with E-state index in [0.29, 0.717) is 18.7 Å². The molecule has 0 aliphatic carbocycles. The molecule has 1 unspecified atom stereocenters. The number of benzene rings is 1. The molecular formula is C15H18N2O2. The molecule has 0 bridgehead atoms. The molecule has 4 heteroatoms. The lowest BCUT2D eigenvalue weighted by Crippen LogP contribution is -2.21. The summed E-state index contributed by atoms with van der Waals surface area (Å²) in [5.74, 6) is 0.329. The van der Waals surface area contributed by atoms with Gasteiger partial charge in [0.1, 0.15) is 5.76 Å². The summed E-state index contributed by atoms with van der Waals surface area (Å²) < 4.78 is 5.35. The Balaban J connectivity index is 2.07. The van der Waals surface area contributed by atoms with Gasteiger partial charge in [-0.25, -0.2) is 0 Å². The van der Waals surface area contributed by atoms with Gasteiger partial charge in [0.2, 0.25) is 5.91 Å². The zero-order valence-corrected chi connectivity index (χ0v) is 10.7. The molecule has 3 N–H and O–H groups in total. The van der Waals surface area contributed by atoms with Crippen LogP contribution in [0.5, 0.6) is 0 Å². The fourth-order valence-corrected chi connectivity index (χ4v) is 1.96. The largest absolute Gasteiger partial charge is 0.469 e. The van der Waals surface area contributed by atoms with Crippen LogP contribution in [-0.2, 0) is 4.79 Å². The van der Waals surface area contributed by atoms with E-state index in [-0.39, 0.29) is 11.8 Å². The van der Waals surface area contributed by atoms with Crippen LogP contribution in [0.1, 0.15) is 24.5 Å². The van der Waals surface area contributed by atoms with Crippen LogP contribution in [0, 0.1) is 0 Å². The van der Waals surface area contributed by atoms with Crippen LogP contribution in [0.4, 0.5) is 5.69 Å². The van der Waals surface area contributed by atoms with Gasteiger partial charge in [0.15, 0.2) is 0 Å². The summed E-state index contributed by atoms with van der Waals surface area (Å²) in [7, 11) is 0. The maximum atomic E-state index is 12.3. The molecule has 0 fully saturated rings. The van der Waals surface area contributed by atoms with Gasteiger partial charge >= 0.3 is 0 Å². The molecule has 1 amide bonds. The number of carbonyl (C=O) groups excluding carboxylic acids is 1. The second-order valence-corrected chi connectivity index (χ2v) is 4.35. The maximum Gasteiger partial charge on any atom is 0.235 e. The van der Waals surface area contributed by atoms with Crippen molar-refractivity contribution in [3.8, 4) is 0 Å². The predicted molar refractivity (Wildman–Crippen MR) is 74.8 cm³/mol. The van der Waals surface area contributed by atoms with Crippen LogP contribution in [0.3, 0.4) is 0 Å². The number of carbonyl (C=O) groups is 1. The molecule has 2 aromatic rings. The van der Waals surface area contributed by atoms with Crippen molar-refractivity contribution in [3.05, 3.63) is 54.5 Å². The van der Waals surface area contributed by atoms with Crippen molar-refractivity contribution in [3.63, 3.8) is 0 Å². The lowest BCUT2D eigenvalue weighted by Gasteiger charge is -2.14. The van der Waals surface area contributed by atoms with E-state index in [2.05, 4.69) is 5.32 Å². The zero-order chi connectivity index (χ0) is 13.5. The first kappa shape index (κ1) is 13.4. The highest BCUT2D eigenvalue weighted by molar-refractivity contribution is 5.95. The summed E-state index contributed by atoms with van der Waals surface area (Å²) in [5.41, 5.74) is 6.31. The molecule has 0 radical (unpaired) electrons. The molecule has 0 aliphatic heterocycles. The Hall–Kier alpha value is -2.07. The van der Waals surface area contributed by atoms with Crippen molar-refractivity contribution in [1.29, 1.82) is 0 Å². The van der Waals surface area contributed by atoms with Gasteiger partial charge < -0.3 is 15.5 Å². The average Bonchev–Trinajstić information content (AvgIpc) is 2.94. The van der Waals surface area contributed by atoms with E-state index in [0.717, 1.165) is 12.1 Å². The third-order valence-electron chi connectivity index (χ3n) is 2.94. The van der Waals surface area contributed by atoms with E-state index < -0.39 is 0 Å². The van der Waals surface area contributed by atoms with Crippen molar-refractivity contribution >= 4 is 11.6 Å². The van der Waals surface area contributed by atoms with Crippen molar-refractivity contribution in [1.82, 2.24) is 0 Å². The standard InChI is InChI=1S/C15H18N2O2/c16-10-4-8-13(14-9-5-11-19-14)15(18)17-12-6-2-1-3-7-12/h1-3,5-7,9,11,13H,4,8,10,16H2,(H,17,18). The Labute approximate surface area is 112 Å².